The number of para-hydroxylation sites is 1. The van der Waals surface area contributed by atoms with Gasteiger partial charge in [-0.15, -0.1) is 11.3 Å². The van der Waals surface area contributed by atoms with Gasteiger partial charge in [-0.3, -0.25) is 4.79 Å². The molecule has 0 fully saturated rings. The second-order valence-electron chi connectivity index (χ2n) is 5.16. The fourth-order valence-corrected chi connectivity index (χ4v) is 2.73. The third-order valence-electron chi connectivity index (χ3n) is 3.20. The van der Waals surface area contributed by atoms with E-state index in [9.17, 15) is 18.0 Å². The molecular weight excluding hydrogens is 325 g/mol. The van der Waals surface area contributed by atoms with E-state index in [2.05, 4.69) is 10.6 Å². The normalized spacial score (nSPS) is 12.9. The minimum Gasteiger partial charge on any atom is -0.325 e. The van der Waals surface area contributed by atoms with Gasteiger partial charge in [0.1, 0.15) is 0 Å². The summed E-state index contributed by atoms with van der Waals surface area (Å²) in [5, 5.41) is 7.48. The minimum atomic E-state index is -4.49. The molecule has 1 aromatic carbocycles. The van der Waals surface area contributed by atoms with Crippen molar-refractivity contribution in [3.05, 3.63) is 52.2 Å². The number of thiophene rings is 1. The highest BCUT2D eigenvalue weighted by molar-refractivity contribution is 7.09. The zero-order valence-electron chi connectivity index (χ0n) is 12.5. The molecule has 124 valence electrons. The van der Waals surface area contributed by atoms with E-state index in [4.69, 9.17) is 0 Å². The first-order valence-corrected chi connectivity index (χ1v) is 7.96. The summed E-state index contributed by atoms with van der Waals surface area (Å²) in [6.45, 7) is 2.45. The van der Waals surface area contributed by atoms with Crippen molar-refractivity contribution in [3.63, 3.8) is 0 Å². The van der Waals surface area contributed by atoms with Crippen LogP contribution in [0.1, 0.15) is 23.8 Å². The number of carbonyl (C=O) groups is 1. The molecule has 3 nitrogen and oxygen atoms in total. The molecule has 2 rings (SSSR count). The lowest BCUT2D eigenvalue weighted by Crippen LogP contribution is -2.30. The van der Waals surface area contributed by atoms with Gasteiger partial charge in [0.15, 0.2) is 0 Å². The monoisotopic (exact) mass is 342 g/mol. The average Bonchev–Trinajstić information content (AvgIpc) is 2.97. The Bertz CT molecular complexity index is 641. The zero-order chi connectivity index (χ0) is 16.9. The molecular formula is C16H17F3N2OS. The number of amides is 1. The summed E-state index contributed by atoms with van der Waals surface area (Å²) in [6, 6.07) is 8.73. The molecule has 2 aromatic rings. The number of hydrogen-bond donors (Lipinski definition) is 2. The van der Waals surface area contributed by atoms with Gasteiger partial charge in [-0.25, -0.2) is 0 Å². The molecule has 1 atom stereocenters. The van der Waals surface area contributed by atoms with Gasteiger partial charge in [-0.05, 0) is 30.5 Å². The van der Waals surface area contributed by atoms with Crippen molar-refractivity contribution in [2.75, 3.05) is 5.32 Å². The molecule has 2 N–H and O–H groups in total. The largest absolute Gasteiger partial charge is 0.418 e. The van der Waals surface area contributed by atoms with Crippen LogP contribution in [0, 0.1) is 0 Å². The first kappa shape index (κ1) is 17.5. The standard InChI is InChI=1S/C16H17F3N2OS/c1-11(20-10-12-5-4-8-23-12)9-15(22)21-14-7-3-2-6-13(14)16(17,18)19/h2-8,11,20H,9-10H2,1H3,(H,21,22). The van der Waals surface area contributed by atoms with Crippen molar-refractivity contribution in [2.24, 2.45) is 0 Å². The van der Waals surface area contributed by atoms with E-state index < -0.39 is 17.6 Å². The summed E-state index contributed by atoms with van der Waals surface area (Å²) >= 11 is 1.60. The Morgan fingerprint density at radius 2 is 1.96 bits per heavy atom. The van der Waals surface area contributed by atoms with Crippen LogP contribution in [-0.2, 0) is 17.5 Å². The molecule has 7 heteroatoms. The third kappa shape index (κ3) is 5.37. The van der Waals surface area contributed by atoms with Crippen LogP contribution in [-0.4, -0.2) is 11.9 Å². The molecule has 0 saturated carbocycles. The van der Waals surface area contributed by atoms with E-state index in [1.54, 1.807) is 11.3 Å². The van der Waals surface area contributed by atoms with Crippen LogP contribution in [0.4, 0.5) is 18.9 Å². The van der Waals surface area contributed by atoms with E-state index in [0.717, 1.165) is 10.9 Å². The molecule has 0 spiro atoms. The molecule has 23 heavy (non-hydrogen) atoms. The van der Waals surface area contributed by atoms with Crippen LogP contribution in [0.25, 0.3) is 0 Å². The van der Waals surface area contributed by atoms with E-state index in [0.29, 0.717) is 6.54 Å². The Kier molecular flexibility index (Phi) is 5.79. The second-order valence-corrected chi connectivity index (χ2v) is 6.19. The number of carbonyl (C=O) groups excluding carboxylic acids is 1. The van der Waals surface area contributed by atoms with Crippen LogP contribution in [0.2, 0.25) is 0 Å². The number of rotatable bonds is 6. The van der Waals surface area contributed by atoms with Gasteiger partial charge in [0.2, 0.25) is 5.91 Å². The predicted molar refractivity (Wildman–Crippen MR) is 85.3 cm³/mol. The number of alkyl halides is 3. The number of anilines is 1. The van der Waals surface area contributed by atoms with Gasteiger partial charge in [-0.1, -0.05) is 18.2 Å². The SMILES string of the molecule is CC(CC(=O)Nc1ccccc1C(F)(F)F)NCc1cccs1. The molecule has 0 aliphatic heterocycles. The summed E-state index contributed by atoms with van der Waals surface area (Å²) < 4.78 is 38.6. The lowest BCUT2D eigenvalue weighted by atomic mass is 10.1. The maximum absolute atomic E-state index is 12.9. The highest BCUT2D eigenvalue weighted by atomic mass is 32.1. The third-order valence-corrected chi connectivity index (χ3v) is 4.08. The lowest BCUT2D eigenvalue weighted by molar-refractivity contribution is -0.137. The van der Waals surface area contributed by atoms with Gasteiger partial charge in [-0.2, -0.15) is 13.2 Å². The fraction of sp³-hybridized carbons (Fsp3) is 0.312. The first-order valence-electron chi connectivity index (χ1n) is 7.08. The Labute approximate surface area is 136 Å². The smallest absolute Gasteiger partial charge is 0.325 e. The summed E-state index contributed by atoms with van der Waals surface area (Å²) in [7, 11) is 0. The van der Waals surface area contributed by atoms with Gasteiger partial charge >= 0.3 is 6.18 Å². The van der Waals surface area contributed by atoms with Crippen LogP contribution >= 0.6 is 11.3 Å². The molecule has 1 aromatic heterocycles. The number of nitrogens with one attached hydrogen (secondary N) is 2. The second kappa shape index (κ2) is 7.61. The highest BCUT2D eigenvalue weighted by Crippen LogP contribution is 2.34. The molecule has 1 heterocycles. The van der Waals surface area contributed by atoms with Crippen molar-refractivity contribution >= 4 is 22.9 Å². The lowest BCUT2D eigenvalue weighted by Gasteiger charge is -2.16. The fourth-order valence-electron chi connectivity index (χ4n) is 2.08. The molecule has 0 aliphatic rings. The first-order chi connectivity index (χ1) is 10.9. The van der Waals surface area contributed by atoms with Crippen molar-refractivity contribution in [2.45, 2.75) is 32.1 Å². The highest BCUT2D eigenvalue weighted by Gasteiger charge is 2.33. The summed E-state index contributed by atoms with van der Waals surface area (Å²) in [4.78, 5) is 13.1. The molecule has 0 saturated heterocycles. The van der Waals surface area contributed by atoms with E-state index >= 15 is 0 Å². The van der Waals surface area contributed by atoms with E-state index in [1.807, 2.05) is 24.4 Å². The zero-order valence-corrected chi connectivity index (χ0v) is 13.3. The molecule has 0 aliphatic carbocycles. The number of hydrogen-bond acceptors (Lipinski definition) is 3. The Hall–Kier alpha value is -1.86. The quantitative estimate of drug-likeness (QED) is 0.823. The van der Waals surface area contributed by atoms with Gasteiger partial charge in [0, 0.05) is 23.9 Å². The van der Waals surface area contributed by atoms with Gasteiger partial charge < -0.3 is 10.6 Å². The molecule has 0 bridgehead atoms. The van der Waals surface area contributed by atoms with E-state index in [1.165, 1.54) is 18.2 Å². The predicted octanol–water partition coefficient (Wildman–Crippen LogP) is 4.27. The summed E-state index contributed by atoms with van der Waals surface area (Å²) in [6.07, 6.45) is -4.40. The van der Waals surface area contributed by atoms with Crippen LogP contribution in [0.15, 0.2) is 41.8 Å². The van der Waals surface area contributed by atoms with Crippen molar-refractivity contribution in [1.82, 2.24) is 5.32 Å². The average molecular weight is 342 g/mol. The summed E-state index contributed by atoms with van der Waals surface area (Å²) in [5.41, 5.74) is -1.05. The number of benzene rings is 1. The number of halogens is 3. The van der Waals surface area contributed by atoms with Gasteiger partial charge in [0.05, 0.1) is 11.3 Å². The molecule has 1 amide bonds. The maximum atomic E-state index is 12.9. The van der Waals surface area contributed by atoms with Crippen molar-refractivity contribution in [1.29, 1.82) is 0 Å². The topological polar surface area (TPSA) is 41.1 Å². The van der Waals surface area contributed by atoms with Crippen LogP contribution in [0.3, 0.4) is 0 Å². The van der Waals surface area contributed by atoms with Crippen LogP contribution in [0.5, 0.6) is 0 Å². The Balaban J connectivity index is 1.89. The Morgan fingerprint density at radius 3 is 2.61 bits per heavy atom. The molecule has 0 radical (unpaired) electrons. The van der Waals surface area contributed by atoms with E-state index in [-0.39, 0.29) is 18.2 Å². The minimum absolute atomic E-state index is 0.0948. The Morgan fingerprint density at radius 1 is 1.22 bits per heavy atom. The van der Waals surface area contributed by atoms with Crippen molar-refractivity contribution < 1.29 is 18.0 Å². The molecule has 1 unspecified atom stereocenters. The summed E-state index contributed by atoms with van der Waals surface area (Å²) in [5.74, 6) is -0.451. The maximum Gasteiger partial charge on any atom is 0.418 e. The van der Waals surface area contributed by atoms with Crippen LogP contribution < -0.4 is 10.6 Å². The van der Waals surface area contributed by atoms with Gasteiger partial charge in [0.25, 0.3) is 0 Å². The van der Waals surface area contributed by atoms with Crippen molar-refractivity contribution in [3.8, 4) is 0 Å².